The van der Waals surface area contributed by atoms with E-state index in [1.165, 1.54) is 4.90 Å². The van der Waals surface area contributed by atoms with Gasteiger partial charge in [-0.15, -0.1) is 0 Å². The Labute approximate surface area is 335 Å². The predicted molar refractivity (Wildman–Crippen MR) is 218 cm³/mol. The summed E-state index contributed by atoms with van der Waals surface area (Å²) in [6.07, 6.45) is 1.75. The number of carbonyl (C=O) groups excluding carboxylic acids is 4. The van der Waals surface area contributed by atoms with Crippen molar-refractivity contribution in [3.05, 3.63) is 129 Å². The number of nitrogens with zero attached hydrogens (tertiary/aromatic N) is 1. The lowest BCUT2D eigenvalue weighted by Gasteiger charge is -2.37. The van der Waals surface area contributed by atoms with Gasteiger partial charge in [0.1, 0.15) is 22.6 Å². The summed E-state index contributed by atoms with van der Waals surface area (Å²) in [6.45, 7) is 11.5. The Morgan fingerprint density at radius 1 is 0.684 bits per heavy atom. The Morgan fingerprint density at radius 3 is 1.81 bits per heavy atom. The minimum Gasteiger partial charge on any atom is -0.490 e. The molecule has 2 amide bonds. The minimum atomic E-state index is -1.31. The highest BCUT2D eigenvalue weighted by Gasteiger charge is 2.51. The van der Waals surface area contributed by atoms with Crippen LogP contribution < -0.4 is 14.8 Å². The van der Waals surface area contributed by atoms with Crippen LogP contribution in [0.4, 0.5) is 0 Å². The third-order valence-corrected chi connectivity index (χ3v) is 10.8. The fraction of sp³-hybridized carbons (Fsp3) is 0.404. The molecule has 300 valence electrons. The van der Waals surface area contributed by atoms with Crippen LogP contribution >= 0.6 is 0 Å². The van der Waals surface area contributed by atoms with Gasteiger partial charge >= 0.3 is 11.9 Å². The summed E-state index contributed by atoms with van der Waals surface area (Å²) in [6, 6.07) is 26.5. The van der Waals surface area contributed by atoms with Crippen molar-refractivity contribution in [2.45, 2.75) is 103 Å². The van der Waals surface area contributed by atoms with Crippen molar-refractivity contribution in [3.63, 3.8) is 0 Å². The zero-order chi connectivity index (χ0) is 40.9. The van der Waals surface area contributed by atoms with E-state index < -0.39 is 28.9 Å². The van der Waals surface area contributed by atoms with Gasteiger partial charge in [0.2, 0.25) is 0 Å². The number of benzene rings is 4. The summed E-state index contributed by atoms with van der Waals surface area (Å²) in [7, 11) is 1.66. The second-order valence-corrected chi connectivity index (χ2v) is 15.7. The third-order valence-electron chi connectivity index (χ3n) is 10.8. The molecule has 0 saturated carbocycles. The highest BCUT2D eigenvalue weighted by Crippen LogP contribution is 2.38. The van der Waals surface area contributed by atoms with Crippen LogP contribution in [-0.2, 0) is 51.2 Å². The van der Waals surface area contributed by atoms with Gasteiger partial charge < -0.3 is 29.2 Å². The zero-order valence-corrected chi connectivity index (χ0v) is 34.1. The average molecular weight is 775 g/mol. The van der Waals surface area contributed by atoms with Crippen molar-refractivity contribution in [2.75, 3.05) is 20.3 Å². The predicted octanol–water partition coefficient (Wildman–Crippen LogP) is 7.19. The molecule has 10 heteroatoms. The summed E-state index contributed by atoms with van der Waals surface area (Å²) in [5.41, 5.74) is 3.75. The molecular weight excluding hydrogens is 721 g/mol. The highest BCUT2D eigenvalue weighted by atomic mass is 16.5. The highest BCUT2D eigenvalue weighted by molar-refractivity contribution is 6.02. The fourth-order valence-electron chi connectivity index (χ4n) is 8.05. The number of rotatable bonds is 15. The SMILES string of the molecule is CCOC(=O)C1(N(C)C(=O)c2cccc(CCCOC(=O)C3(NC(=O)c4cccc(C)c4OC(C)C)Cc4ccccc4C3)c2OC(C)C)Cc2ccccc2C1. The first-order chi connectivity index (χ1) is 27.3. The number of para-hydroxylation sites is 2. The van der Waals surface area contributed by atoms with E-state index in [1.807, 2.05) is 95.3 Å². The number of hydrogen-bond acceptors (Lipinski definition) is 8. The van der Waals surface area contributed by atoms with Crippen molar-refractivity contribution in [1.82, 2.24) is 10.2 Å². The maximum absolute atomic E-state index is 14.5. The fourth-order valence-corrected chi connectivity index (χ4v) is 8.05. The first kappa shape index (κ1) is 41.0. The maximum atomic E-state index is 14.5. The van der Waals surface area contributed by atoms with Gasteiger partial charge in [0.15, 0.2) is 0 Å². The molecule has 2 aliphatic rings. The standard InChI is InChI=1S/C47H54N2O8/c1-8-54-45(53)47(28-36-19-11-12-20-37(36)29-47)49(7)43(51)39-24-14-21-33(41(39)57-31(4)5)22-15-25-55-44(52)46(26-34-17-9-10-18-35(34)27-46)48-42(50)38-23-13-16-32(6)40(38)56-30(2)3/h9-14,16-21,23-24,30-31H,8,15,22,25-29H2,1-7H3,(H,48,50). The molecule has 6 rings (SSSR count). The second-order valence-electron chi connectivity index (χ2n) is 15.7. The molecule has 0 aliphatic heterocycles. The largest absolute Gasteiger partial charge is 0.490 e. The molecule has 0 aromatic heterocycles. The zero-order valence-electron chi connectivity index (χ0n) is 34.1. The van der Waals surface area contributed by atoms with E-state index in [4.69, 9.17) is 18.9 Å². The molecule has 0 unspecified atom stereocenters. The monoisotopic (exact) mass is 774 g/mol. The molecule has 1 N–H and O–H groups in total. The van der Waals surface area contributed by atoms with Gasteiger partial charge in [-0.1, -0.05) is 72.8 Å². The minimum absolute atomic E-state index is 0.0718. The number of aryl methyl sites for hydroxylation is 2. The Bertz CT molecular complexity index is 2090. The Balaban J connectivity index is 1.20. The number of fused-ring (bicyclic) bond motifs is 2. The first-order valence-corrected chi connectivity index (χ1v) is 19.9. The summed E-state index contributed by atoms with van der Waals surface area (Å²) in [5, 5.41) is 3.08. The lowest BCUT2D eigenvalue weighted by molar-refractivity contribution is -0.155. The number of esters is 2. The number of likely N-dealkylation sites (N-methyl/N-ethyl adjacent to an activating group) is 1. The van der Waals surface area contributed by atoms with Crippen LogP contribution in [0, 0.1) is 6.92 Å². The molecule has 0 atom stereocenters. The number of ether oxygens (including phenoxy) is 4. The van der Waals surface area contributed by atoms with E-state index >= 15 is 0 Å². The van der Waals surface area contributed by atoms with Crippen LogP contribution in [0.2, 0.25) is 0 Å². The lowest BCUT2D eigenvalue weighted by atomic mass is 9.92. The van der Waals surface area contributed by atoms with E-state index in [0.29, 0.717) is 61.2 Å². The van der Waals surface area contributed by atoms with Gasteiger partial charge in [0, 0.05) is 32.7 Å². The van der Waals surface area contributed by atoms with Gasteiger partial charge in [-0.25, -0.2) is 9.59 Å². The number of hydrogen-bond donors (Lipinski definition) is 1. The Morgan fingerprint density at radius 2 is 1.23 bits per heavy atom. The molecule has 10 nitrogen and oxygen atoms in total. The molecule has 0 bridgehead atoms. The van der Waals surface area contributed by atoms with Crippen molar-refractivity contribution in [1.29, 1.82) is 0 Å². The van der Waals surface area contributed by atoms with Crippen molar-refractivity contribution >= 4 is 23.8 Å². The Hall–Kier alpha value is -5.64. The van der Waals surface area contributed by atoms with Crippen LogP contribution in [0.5, 0.6) is 11.5 Å². The normalized spacial score (nSPS) is 14.8. The van der Waals surface area contributed by atoms with Gasteiger partial charge in [0.05, 0.1) is 36.5 Å². The van der Waals surface area contributed by atoms with Crippen LogP contribution in [0.25, 0.3) is 0 Å². The number of amides is 2. The molecule has 0 fully saturated rings. The Kier molecular flexibility index (Phi) is 12.4. The van der Waals surface area contributed by atoms with Gasteiger partial charge in [-0.3, -0.25) is 9.59 Å². The molecule has 0 spiro atoms. The summed E-state index contributed by atoms with van der Waals surface area (Å²) in [4.78, 5) is 57.7. The smallest absolute Gasteiger partial charge is 0.332 e. The van der Waals surface area contributed by atoms with Crippen molar-refractivity contribution in [2.24, 2.45) is 0 Å². The number of nitrogens with one attached hydrogen (secondary N) is 1. The summed E-state index contributed by atoms with van der Waals surface area (Å²) in [5.74, 6) is -0.806. The first-order valence-electron chi connectivity index (χ1n) is 19.9. The molecule has 0 heterocycles. The molecule has 4 aromatic rings. The van der Waals surface area contributed by atoms with Crippen LogP contribution in [0.1, 0.15) is 95.1 Å². The van der Waals surface area contributed by atoms with Gasteiger partial charge in [-0.05, 0) is 99.9 Å². The molecule has 0 radical (unpaired) electrons. The van der Waals surface area contributed by atoms with E-state index in [9.17, 15) is 19.2 Å². The summed E-state index contributed by atoms with van der Waals surface area (Å²) < 4.78 is 23.9. The van der Waals surface area contributed by atoms with E-state index in [1.54, 1.807) is 38.2 Å². The lowest BCUT2D eigenvalue weighted by Crippen LogP contribution is -2.57. The quantitative estimate of drug-likeness (QED) is 0.0997. The number of carbonyl (C=O) groups is 4. The molecule has 4 aromatic carbocycles. The van der Waals surface area contributed by atoms with E-state index in [2.05, 4.69) is 5.32 Å². The van der Waals surface area contributed by atoms with E-state index in [-0.39, 0.29) is 31.3 Å². The van der Waals surface area contributed by atoms with Crippen LogP contribution in [-0.4, -0.2) is 72.2 Å². The van der Waals surface area contributed by atoms with Crippen LogP contribution in [0.15, 0.2) is 84.9 Å². The van der Waals surface area contributed by atoms with Gasteiger partial charge in [0.25, 0.3) is 11.8 Å². The van der Waals surface area contributed by atoms with Crippen molar-refractivity contribution < 1.29 is 38.1 Å². The summed E-state index contributed by atoms with van der Waals surface area (Å²) >= 11 is 0. The van der Waals surface area contributed by atoms with E-state index in [0.717, 1.165) is 33.4 Å². The average Bonchev–Trinajstić information content (AvgIpc) is 3.77. The second kappa shape index (κ2) is 17.2. The van der Waals surface area contributed by atoms with Crippen LogP contribution in [0.3, 0.4) is 0 Å². The maximum Gasteiger partial charge on any atom is 0.332 e. The molecular formula is C47H54N2O8. The molecule has 0 saturated heterocycles. The van der Waals surface area contributed by atoms with Gasteiger partial charge in [-0.2, -0.15) is 0 Å². The topological polar surface area (TPSA) is 120 Å². The molecule has 2 aliphatic carbocycles. The molecule has 57 heavy (non-hydrogen) atoms. The third kappa shape index (κ3) is 8.55. The van der Waals surface area contributed by atoms with Crippen molar-refractivity contribution in [3.8, 4) is 11.5 Å².